The van der Waals surface area contributed by atoms with Crippen LogP contribution in [-0.4, -0.2) is 41.9 Å². The van der Waals surface area contributed by atoms with Crippen molar-refractivity contribution in [3.8, 4) is 0 Å². The number of fused-ring (bicyclic) bond motifs is 2. The standard InChI is InChI=1S/C14H23N3O2/c15-7-9-2-1-3-12(9)14(19)17-10-4-5-11(17)8-16-13(18)6-10/h9-12H,1-8,15H2,(H,16,18)/t9-,10?,11?,12-/m1/s1. The van der Waals surface area contributed by atoms with E-state index in [1.165, 1.54) is 0 Å². The van der Waals surface area contributed by atoms with Gasteiger partial charge in [0.05, 0.1) is 0 Å². The number of hydrogen-bond donors (Lipinski definition) is 2. The highest BCUT2D eigenvalue weighted by molar-refractivity contribution is 5.83. The molecule has 2 aliphatic heterocycles. The first-order valence-electron chi connectivity index (χ1n) is 7.49. The monoisotopic (exact) mass is 265 g/mol. The van der Waals surface area contributed by atoms with Gasteiger partial charge < -0.3 is 16.0 Å². The van der Waals surface area contributed by atoms with Gasteiger partial charge in [0.2, 0.25) is 11.8 Å². The molecule has 0 radical (unpaired) electrons. The number of nitrogens with two attached hydrogens (primary N) is 1. The van der Waals surface area contributed by atoms with Crippen LogP contribution >= 0.6 is 0 Å². The molecule has 106 valence electrons. The molecule has 5 heteroatoms. The number of hydrogen-bond acceptors (Lipinski definition) is 3. The second kappa shape index (κ2) is 5.12. The normalized spacial score (nSPS) is 38.2. The van der Waals surface area contributed by atoms with E-state index in [-0.39, 0.29) is 29.8 Å². The Hall–Kier alpha value is -1.10. The smallest absolute Gasteiger partial charge is 0.226 e. The number of nitrogens with zero attached hydrogens (tertiary/aromatic N) is 1. The van der Waals surface area contributed by atoms with E-state index in [0.717, 1.165) is 32.1 Å². The first kappa shape index (κ1) is 12.9. The Morgan fingerprint density at radius 3 is 2.84 bits per heavy atom. The molecule has 2 heterocycles. The second-order valence-electron chi connectivity index (χ2n) is 6.17. The highest BCUT2D eigenvalue weighted by Crippen LogP contribution is 2.37. The molecule has 2 bridgehead atoms. The van der Waals surface area contributed by atoms with Crippen LogP contribution in [0.25, 0.3) is 0 Å². The SMILES string of the molecule is NC[C@H]1CCC[C@H]1C(=O)N1C2CCC1CC(=O)NC2. The quantitative estimate of drug-likeness (QED) is 0.751. The van der Waals surface area contributed by atoms with E-state index < -0.39 is 0 Å². The van der Waals surface area contributed by atoms with Crippen molar-refractivity contribution in [1.29, 1.82) is 0 Å². The Bertz CT molecular complexity index is 385. The third kappa shape index (κ3) is 2.24. The average Bonchev–Trinajstić information content (AvgIpc) is 2.97. The zero-order chi connectivity index (χ0) is 13.4. The molecule has 19 heavy (non-hydrogen) atoms. The molecule has 2 amide bonds. The summed E-state index contributed by atoms with van der Waals surface area (Å²) >= 11 is 0. The number of carbonyl (C=O) groups is 2. The fourth-order valence-electron chi connectivity index (χ4n) is 4.08. The highest BCUT2D eigenvalue weighted by Gasteiger charge is 2.44. The van der Waals surface area contributed by atoms with Crippen molar-refractivity contribution in [3.63, 3.8) is 0 Å². The molecular formula is C14H23N3O2. The van der Waals surface area contributed by atoms with Gasteiger partial charge in [-0.05, 0) is 38.1 Å². The molecule has 5 nitrogen and oxygen atoms in total. The van der Waals surface area contributed by atoms with Gasteiger partial charge in [-0.2, -0.15) is 0 Å². The van der Waals surface area contributed by atoms with Crippen LogP contribution in [0.4, 0.5) is 0 Å². The van der Waals surface area contributed by atoms with Gasteiger partial charge >= 0.3 is 0 Å². The lowest BCUT2D eigenvalue weighted by molar-refractivity contribution is -0.139. The number of nitrogens with one attached hydrogen (secondary N) is 1. The minimum Gasteiger partial charge on any atom is -0.354 e. The lowest BCUT2D eigenvalue weighted by Crippen LogP contribution is -2.46. The topological polar surface area (TPSA) is 75.4 Å². The summed E-state index contributed by atoms with van der Waals surface area (Å²) in [5.41, 5.74) is 5.79. The summed E-state index contributed by atoms with van der Waals surface area (Å²) in [6.07, 6.45) is 5.63. The van der Waals surface area contributed by atoms with E-state index in [4.69, 9.17) is 5.73 Å². The maximum absolute atomic E-state index is 12.8. The Morgan fingerprint density at radius 1 is 1.26 bits per heavy atom. The molecule has 4 atom stereocenters. The fourth-order valence-corrected chi connectivity index (χ4v) is 4.08. The maximum atomic E-state index is 12.8. The van der Waals surface area contributed by atoms with Crippen molar-refractivity contribution >= 4 is 11.8 Å². The summed E-state index contributed by atoms with van der Waals surface area (Å²) in [5.74, 6) is 0.795. The van der Waals surface area contributed by atoms with Gasteiger partial charge in [0.1, 0.15) is 0 Å². The highest BCUT2D eigenvalue weighted by atomic mass is 16.2. The number of carbonyl (C=O) groups excluding carboxylic acids is 2. The largest absolute Gasteiger partial charge is 0.354 e. The zero-order valence-electron chi connectivity index (χ0n) is 11.3. The molecule has 0 aromatic rings. The van der Waals surface area contributed by atoms with Crippen molar-refractivity contribution in [2.75, 3.05) is 13.1 Å². The van der Waals surface area contributed by atoms with Crippen molar-refractivity contribution in [1.82, 2.24) is 10.2 Å². The van der Waals surface area contributed by atoms with Crippen molar-refractivity contribution in [3.05, 3.63) is 0 Å². The molecule has 0 spiro atoms. The van der Waals surface area contributed by atoms with Crippen LogP contribution in [0.5, 0.6) is 0 Å². The van der Waals surface area contributed by atoms with Crippen LogP contribution in [0.1, 0.15) is 38.5 Å². The van der Waals surface area contributed by atoms with E-state index in [2.05, 4.69) is 5.32 Å². The summed E-state index contributed by atoms with van der Waals surface area (Å²) in [6.45, 7) is 1.23. The Kier molecular flexibility index (Phi) is 3.48. The van der Waals surface area contributed by atoms with Crippen LogP contribution in [0.3, 0.4) is 0 Å². The Labute approximate surface area is 113 Å². The van der Waals surface area contributed by atoms with Gasteiger partial charge in [0.15, 0.2) is 0 Å². The molecule has 3 fully saturated rings. The number of amides is 2. The third-order valence-electron chi connectivity index (χ3n) is 5.11. The van der Waals surface area contributed by atoms with Crippen LogP contribution in [0.2, 0.25) is 0 Å². The zero-order valence-corrected chi connectivity index (χ0v) is 11.3. The molecule has 2 saturated heterocycles. The minimum atomic E-state index is 0.0896. The first-order valence-corrected chi connectivity index (χ1v) is 7.49. The van der Waals surface area contributed by atoms with Crippen LogP contribution in [0, 0.1) is 11.8 Å². The average molecular weight is 265 g/mol. The van der Waals surface area contributed by atoms with E-state index in [9.17, 15) is 9.59 Å². The molecule has 1 saturated carbocycles. The molecule has 2 unspecified atom stereocenters. The lowest BCUT2D eigenvalue weighted by atomic mass is 9.94. The van der Waals surface area contributed by atoms with Gasteiger partial charge in [-0.15, -0.1) is 0 Å². The first-order chi connectivity index (χ1) is 9.20. The van der Waals surface area contributed by atoms with E-state index in [0.29, 0.717) is 25.4 Å². The Balaban J connectivity index is 1.77. The molecule has 3 aliphatic rings. The summed E-state index contributed by atoms with van der Waals surface area (Å²) in [6, 6.07) is 0.335. The summed E-state index contributed by atoms with van der Waals surface area (Å²) in [5, 5.41) is 2.92. The van der Waals surface area contributed by atoms with Crippen LogP contribution < -0.4 is 11.1 Å². The maximum Gasteiger partial charge on any atom is 0.226 e. The van der Waals surface area contributed by atoms with E-state index in [1.54, 1.807) is 0 Å². The van der Waals surface area contributed by atoms with Crippen LogP contribution in [0.15, 0.2) is 0 Å². The lowest BCUT2D eigenvalue weighted by Gasteiger charge is -2.31. The molecule has 0 aromatic heterocycles. The molecular weight excluding hydrogens is 242 g/mol. The Morgan fingerprint density at radius 2 is 2.05 bits per heavy atom. The minimum absolute atomic E-state index is 0.0896. The molecule has 3 rings (SSSR count). The van der Waals surface area contributed by atoms with E-state index in [1.807, 2.05) is 4.90 Å². The second-order valence-corrected chi connectivity index (χ2v) is 6.17. The van der Waals surface area contributed by atoms with Gasteiger partial charge in [0.25, 0.3) is 0 Å². The van der Waals surface area contributed by atoms with Gasteiger partial charge in [-0.3, -0.25) is 9.59 Å². The molecule has 1 aliphatic carbocycles. The summed E-state index contributed by atoms with van der Waals surface area (Å²) < 4.78 is 0. The van der Waals surface area contributed by atoms with Crippen molar-refractivity contribution in [2.24, 2.45) is 17.6 Å². The number of rotatable bonds is 2. The van der Waals surface area contributed by atoms with Gasteiger partial charge in [0, 0.05) is 31.0 Å². The molecule has 3 N–H and O–H groups in total. The van der Waals surface area contributed by atoms with Crippen molar-refractivity contribution in [2.45, 2.75) is 50.6 Å². The van der Waals surface area contributed by atoms with Gasteiger partial charge in [-0.25, -0.2) is 0 Å². The van der Waals surface area contributed by atoms with Crippen molar-refractivity contribution < 1.29 is 9.59 Å². The van der Waals surface area contributed by atoms with E-state index >= 15 is 0 Å². The summed E-state index contributed by atoms with van der Waals surface area (Å²) in [4.78, 5) is 26.5. The van der Waals surface area contributed by atoms with Crippen LogP contribution in [-0.2, 0) is 9.59 Å². The predicted octanol–water partition coefficient (Wildman–Crippen LogP) is 0.241. The molecule has 0 aromatic carbocycles. The third-order valence-corrected chi connectivity index (χ3v) is 5.11. The van der Waals surface area contributed by atoms with Gasteiger partial charge in [-0.1, -0.05) is 6.42 Å². The predicted molar refractivity (Wildman–Crippen MR) is 71.2 cm³/mol. The summed E-state index contributed by atoms with van der Waals surface area (Å²) in [7, 11) is 0. The fraction of sp³-hybridized carbons (Fsp3) is 0.857.